The SMILES string of the molecule is COc1ccc(OC(F)F)c(CN2C[C@@H](N)[C@H](c3ccccc3)C2)c1. The molecule has 0 bridgehead atoms. The van der Waals surface area contributed by atoms with E-state index < -0.39 is 6.61 Å². The van der Waals surface area contributed by atoms with Gasteiger partial charge in [-0.25, -0.2) is 0 Å². The second-order valence-electron chi connectivity index (χ2n) is 6.23. The van der Waals surface area contributed by atoms with Gasteiger partial charge in [0, 0.05) is 37.2 Å². The van der Waals surface area contributed by atoms with Crippen LogP contribution in [0.1, 0.15) is 17.0 Å². The lowest BCUT2D eigenvalue weighted by atomic mass is 9.95. The van der Waals surface area contributed by atoms with E-state index in [4.69, 9.17) is 10.5 Å². The number of likely N-dealkylation sites (tertiary alicyclic amines) is 1. The summed E-state index contributed by atoms with van der Waals surface area (Å²) < 4.78 is 35.2. The zero-order valence-electron chi connectivity index (χ0n) is 14.1. The Bertz CT molecular complexity index is 697. The van der Waals surface area contributed by atoms with Crippen LogP contribution in [-0.2, 0) is 6.54 Å². The second kappa shape index (κ2) is 7.80. The van der Waals surface area contributed by atoms with Crippen molar-refractivity contribution in [1.82, 2.24) is 4.90 Å². The molecule has 134 valence electrons. The van der Waals surface area contributed by atoms with E-state index in [0.717, 1.165) is 6.54 Å². The molecule has 6 heteroatoms. The largest absolute Gasteiger partial charge is 0.497 e. The third kappa shape index (κ3) is 4.27. The number of methoxy groups -OCH3 is 1. The first-order valence-corrected chi connectivity index (χ1v) is 8.21. The minimum atomic E-state index is -2.86. The fraction of sp³-hybridized carbons (Fsp3) is 0.368. The molecule has 1 saturated heterocycles. The van der Waals surface area contributed by atoms with Gasteiger partial charge in [-0.15, -0.1) is 0 Å². The average Bonchev–Trinajstić information content (AvgIpc) is 2.97. The molecule has 0 unspecified atom stereocenters. The van der Waals surface area contributed by atoms with Gasteiger partial charge in [-0.1, -0.05) is 30.3 Å². The van der Waals surface area contributed by atoms with Gasteiger partial charge in [0.15, 0.2) is 0 Å². The Balaban J connectivity index is 1.76. The summed E-state index contributed by atoms with van der Waals surface area (Å²) in [5.74, 6) is 1.01. The van der Waals surface area contributed by atoms with E-state index in [1.165, 1.54) is 11.6 Å². The van der Waals surface area contributed by atoms with Gasteiger partial charge in [0.25, 0.3) is 0 Å². The van der Waals surface area contributed by atoms with Gasteiger partial charge in [0.2, 0.25) is 0 Å². The number of alkyl halides is 2. The Morgan fingerprint density at radius 2 is 1.92 bits per heavy atom. The van der Waals surface area contributed by atoms with E-state index in [2.05, 4.69) is 21.8 Å². The number of nitrogens with two attached hydrogens (primary N) is 1. The summed E-state index contributed by atoms with van der Waals surface area (Å²) in [6.07, 6.45) is 0. The molecule has 0 amide bonds. The Hall–Kier alpha value is -2.18. The number of hydrogen-bond donors (Lipinski definition) is 1. The number of nitrogens with zero attached hydrogens (tertiary/aromatic N) is 1. The Kier molecular flexibility index (Phi) is 5.50. The Morgan fingerprint density at radius 3 is 2.60 bits per heavy atom. The zero-order chi connectivity index (χ0) is 17.8. The maximum Gasteiger partial charge on any atom is 0.387 e. The van der Waals surface area contributed by atoms with E-state index in [-0.39, 0.29) is 17.7 Å². The molecule has 0 saturated carbocycles. The number of halogens is 2. The molecular weight excluding hydrogens is 326 g/mol. The third-order valence-corrected chi connectivity index (χ3v) is 4.55. The van der Waals surface area contributed by atoms with Crippen molar-refractivity contribution in [2.75, 3.05) is 20.2 Å². The van der Waals surface area contributed by atoms with Gasteiger partial charge in [-0.05, 0) is 23.8 Å². The molecular formula is C19H22F2N2O2. The maximum atomic E-state index is 12.7. The molecule has 1 aliphatic heterocycles. The normalized spacial score (nSPS) is 20.8. The smallest absolute Gasteiger partial charge is 0.387 e. The predicted molar refractivity (Wildman–Crippen MR) is 92.1 cm³/mol. The van der Waals surface area contributed by atoms with E-state index in [9.17, 15) is 8.78 Å². The molecule has 3 rings (SSSR count). The molecule has 2 atom stereocenters. The van der Waals surface area contributed by atoms with Crippen LogP contribution >= 0.6 is 0 Å². The van der Waals surface area contributed by atoms with Crippen LogP contribution in [0.25, 0.3) is 0 Å². The van der Waals surface area contributed by atoms with Crippen LogP contribution in [0, 0.1) is 0 Å². The first-order chi connectivity index (χ1) is 12.1. The molecule has 2 N–H and O–H groups in total. The molecule has 0 aliphatic carbocycles. The summed E-state index contributed by atoms with van der Waals surface area (Å²) in [5, 5.41) is 0. The molecule has 1 fully saturated rings. The van der Waals surface area contributed by atoms with Crippen LogP contribution in [0.2, 0.25) is 0 Å². The molecule has 0 radical (unpaired) electrons. The molecule has 2 aromatic rings. The lowest BCUT2D eigenvalue weighted by molar-refractivity contribution is -0.0507. The second-order valence-corrected chi connectivity index (χ2v) is 6.23. The van der Waals surface area contributed by atoms with Gasteiger partial charge < -0.3 is 15.2 Å². The minimum Gasteiger partial charge on any atom is -0.497 e. The molecule has 25 heavy (non-hydrogen) atoms. The predicted octanol–water partition coefficient (Wildman–Crippen LogP) is 3.22. The molecule has 2 aromatic carbocycles. The van der Waals surface area contributed by atoms with Gasteiger partial charge in [-0.2, -0.15) is 8.78 Å². The Morgan fingerprint density at radius 1 is 1.16 bits per heavy atom. The van der Waals surface area contributed by atoms with E-state index in [0.29, 0.717) is 24.4 Å². The number of benzene rings is 2. The molecule has 4 nitrogen and oxygen atoms in total. The van der Waals surface area contributed by atoms with Crippen molar-refractivity contribution in [2.45, 2.75) is 25.1 Å². The fourth-order valence-electron chi connectivity index (χ4n) is 3.35. The summed E-state index contributed by atoms with van der Waals surface area (Å²) >= 11 is 0. The maximum absolute atomic E-state index is 12.7. The van der Waals surface area contributed by atoms with Gasteiger partial charge in [0.1, 0.15) is 11.5 Å². The van der Waals surface area contributed by atoms with E-state index >= 15 is 0 Å². The third-order valence-electron chi connectivity index (χ3n) is 4.55. The summed E-state index contributed by atoms with van der Waals surface area (Å²) in [4.78, 5) is 2.16. The van der Waals surface area contributed by atoms with Crippen molar-refractivity contribution in [3.63, 3.8) is 0 Å². The lowest BCUT2D eigenvalue weighted by Crippen LogP contribution is -2.28. The standard InChI is InChI=1S/C19H22F2N2O2/c1-24-15-7-8-18(25-19(20)21)14(9-15)10-23-11-16(17(22)12-23)13-5-3-2-4-6-13/h2-9,16-17,19H,10-12,22H2,1H3/t16-,17+/m0/s1. The van der Waals surface area contributed by atoms with Gasteiger partial charge in [0.05, 0.1) is 7.11 Å². The van der Waals surface area contributed by atoms with Crippen molar-refractivity contribution in [1.29, 1.82) is 0 Å². The highest BCUT2D eigenvalue weighted by Crippen LogP contribution is 2.31. The molecule has 0 aromatic heterocycles. The topological polar surface area (TPSA) is 47.7 Å². The summed E-state index contributed by atoms with van der Waals surface area (Å²) in [5.41, 5.74) is 8.18. The summed E-state index contributed by atoms with van der Waals surface area (Å²) in [7, 11) is 1.55. The highest BCUT2D eigenvalue weighted by atomic mass is 19.3. The molecule has 1 aliphatic rings. The first-order valence-electron chi connectivity index (χ1n) is 8.21. The van der Waals surface area contributed by atoms with Crippen molar-refractivity contribution >= 4 is 0 Å². The zero-order valence-corrected chi connectivity index (χ0v) is 14.1. The summed E-state index contributed by atoms with van der Waals surface area (Å²) in [6, 6.07) is 15.0. The quantitative estimate of drug-likeness (QED) is 0.871. The fourth-order valence-corrected chi connectivity index (χ4v) is 3.35. The van der Waals surface area contributed by atoms with Crippen LogP contribution in [0.5, 0.6) is 11.5 Å². The number of hydrogen-bond acceptors (Lipinski definition) is 4. The summed E-state index contributed by atoms with van der Waals surface area (Å²) in [6.45, 7) is -0.900. The van der Waals surface area contributed by atoms with Gasteiger partial charge in [-0.3, -0.25) is 4.90 Å². The first kappa shape index (κ1) is 17.6. The average molecular weight is 348 g/mol. The van der Waals surface area contributed by atoms with Crippen LogP contribution < -0.4 is 15.2 Å². The van der Waals surface area contributed by atoms with Crippen LogP contribution in [0.15, 0.2) is 48.5 Å². The van der Waals surface area contributed by atoms with Gasteiger partial charge >= 0.3 is 6.61 Å². The lowest BCUT2D eigenvalue weighted by Gasteiger charge is -2.19. The van der Waals surface area contributed by atoms with E-state index in [1.807, 2.05) is 18.2 Å². The highest BCUT2D eigenvalue weighted by molar-refractivity contribution is 5.40. The molecule has 0 spiro atoms. The van der Waals surface area contributed by atoms with Crippen molar-refractivity contribution < 1.29 is 18.3 Å². The van der Waals surface area contributed by atoms with Crippen LogP contribution in [0.3, 0.4) is 0 Å². The van der Waals surface area contributed by atoms with Crippen molar-refractivity contribution in [2.24, 2.45) is 5.73 Å². The van der Waals surface area contributed by atoms with Crippen molar-refractivity contribution in [3.05, 3.63) is 59.7 Å². The van der Waals surface area contributed by atoms with E-state index in [1.54, 1.807) is 19.2 Å². The Labute approximate surface area is 146 Å². The van der Waals surface area contributed by atoms with Crippen LogP contribution in [-0.4, -0.2) is 37.8 Å². The highest BCUT2D eigenvalue weighted by Gasteiger charge is 2.31. The molecule has 1 heterocycles. The monoisotopic (exact) mass is 348 g/mol. The minimum absolute atomic E-state index is 0.00692. The number of ether oxygens (including phenoxy) is 2. The van der Waals surface area contributed by atoms with Crippen LogP contribution in [0.4, 0.5) is 8.78 Å². The van der Waals surface area contributed by atoms with Crippen molar-refractivity contribution in [3.8, 4) is 11.5 Å². The number of rotatable bonds is 6.